The Kier molecular flexibility index (Phi) is 2.76. The molecule has 3 atom stereocenters. The quantitative estimate of drug-likeness (QED) is 0.524. The van der Waals surface area contributed by atoms with Gasteiger partial charge in [0.2, 0.25) is 0 Å². The van der Waals surface area contributed by atoms with Crippen LogP contribution in [0, 0.1) is 17.8 Å². The largest absolute Gasteiger partial charge is 0.306 e. The smallest absolute Gasteiger partial charge is 0.0369 e. The number of allylic oxidation sites excluding steroid dienone is 2. The molecule has 1 aliphatic heterocycles. The second-order valence-corrected chi connectivity index (χ2v) is 4.37. The van der Waals surface area contributed by atoms with E-state index in [1.165, 1.54) is 13.1 Å². The fourth-order valence-corrected chi connectivity index (χ4v) is 2.55. The van der Waals surface area contributed by atoms with Gasteiger partial charge in [0.15, 0.2) is 0 Å². The van der Waals surface area contributed by atoms with Crippen molar-refractivity contribution in [2.45, 2.75) is 13.3 Å². The number of likely N-dealkylation sites (tertiary alicyclic amines) is 1. The number of nitrogens with one attached hydrogen (secondary N) is 1. The molecule has 0 amide bonds. The van der Waals surface area contributed by atoms with Gasteiger partial charge in [-0.25, -0.2) is 10.7 Å². The topological polar surface area (TPSA) is 44.7 Å². The number of hydrogen-bond donors (Lipinski definition) is 2. The molecule has 1 heterocycles. The number of rotatable bonds is 4. The molecule has 0 radical (unpaired) electrons. The first-order valence-electron chi connectivity index (χ1n) is 5.22. The van der Waals surface area contributed by atoms with Crippen molar-refractivity contribution in [3.8, 4) is 0 Å². The van der Waals surface area contributed by atoms with Gasteiger partial charge >= 0.3 is 0 Å². The highest BCUT2D eigenvalue weighted by atomic mass is 17.2. The summed E-state index contributed by atoms with van der Waals surface area (Å²) >= 11 is 0. The fraction of sp³-hybridized carbons (Fsp3) is 0.800. The highest BCUT2D eigenvalue weighted by Gasteiger charge is 2.53. The van der Waals surface area contributed by atoms with Gasteiger partial charge in [-0.2, -0.15) is 0 Å². The molecule has 4 heteroatoms. The molecule has 1 saturated carbocycles. The molecule has 1 saturated heterocycles. The van der Waals surface area contributed by atoms with Gasteiger partial charge in [-0.15, -0.1) is 4.99 Å². The van der Waals surface area contributed by atoms with Crippen LogP contribution in [0.1, 0.15) is 13.3 Å². The van der Waals surface area contributed by atoms with Gasteiger partial charge in [-0.3, -0.25) is 0 Å². The summed E-state index contributed by atoms with van der Waals surface area (Å²) in [7, 11) is 2.17. The lowest BCUT2D eigenvalue weighted by atomic mass is 10.2. The average molecular weight is 198 g/mol. The number of hydrogen-bond acceptors (Lipinski definition) is 4. The molecular weight excluding hydrogens is 180 g/mol. The summed E-state index contributed by atoms with van der Waals surface area (Å²) in [5.74, 6) is 2.37. The lowest BCUT2D eigenvalue weighted by Crippen LogP contribution is -2.19. The van der Waals surface area contributed by atoms with E-state index >= 15 is 0 Å². The maximum atomic E-state index is 8.29. The van der Waals surface area contributed by atoms with Gasteiger partial charge in [0.1, 0.15) is 0 Å². The maximum Gasteiger partial charge on any atom is 0.0369 e. The molecule has 2 N–H and O–H groups in total. The Labute approximate surface area is 84.4 Å². The van der Waals surface area contributed by atoms with Gasteiger partial charge in [0.05, 0.1) is 0 Å². The van der Waals surface area contributed by atoms with Gasteiger partial charge in [0.25, 0.3) is 0 Å². The van der Waals surface area contributed by atoms with Crippen molar-refractivity contribution in [2.24, 2.45) is 17.8 Å². The number of fused-ring (bicyclic) bond motifs is 1. The van der Waals surface area contributed by atoms with Gasteiger partial charge < -0.3 is 4.90 Å². The van der Waals surface area contributed by atoms with Crippen LogP contribution in [-0.2, 0) is 4.99 Å². The van der Waals surface area contributed by atoms with Crippen LogP contribution < -0.4 is 5.48 Å². The van der Waals surface area contributed by atoms with E-state index in [-0.39, 0.29) is 0 Å². The zero-order valence-electron chi connectivity index (χ0n) is 8.73. The van der Waals surface area contributed by atoms with Crippen molar-refractivity contribution in [3.05, 3.63) is 11.8 Å². The Balaban J connectivity index is 1.87. The molecule has 0 aromatic heterocycles. The summed E-state index contributed by atoms with van der Waals surface area (Å²) in [6.45, 7) is 4.47. The molecule has 4 nitrogen and oxygen atoms in total. The van der Waals surface area contributed by atoms with Crippen molar-refractivity contribution in [1.82, 2.24) is 10.4 Å². The minimum absolute atomic E-state index is 0.698. The van der Waals surface area contributed by atoms with Crippen molar-refractivity contribution in [3.63, 3.8) is 0 Å². The van der Waals surface area contributed by atoms with Crippen molar-refractivity contribution >= 4 is 0 Å². The zero-order valence-corrected chi connectivity index (χ0v) is 8.73. The van der Waals surface area contributed by atoms with Crippen molar-refractivity contribution in [2.75, 3.05) is 20.1 Å². The standard InChI is InChI=1S/C10H18N2O2/c1-3-7(11-14-13)4-8-9-5-12(2)6-10(8)9/h4,8-11,13H,3,5-6H2,1-2H3/b7-4+/t8?,9-,10+. The Morgan fingerprint density at radius 2 is 2.21 bits per heavy atom. The van der Waals surface area contributed by atoms with Crippen LogP contribution in [0.5, 0.6) is 0 Å². The normalized spacial score (nSPS) is 37.1. The molecule has 1 unspecified atom stereocenters. The molecule has 2 rings (SSSR count). The minimum Gasteiger partial charge on any atom is -0.306 e. The first kappa shape index (κ1) is 9.96. The molecule has 2 fully saturated rings. The predicted octanol–water partition coefficient (Wildman–Crippen LogP) is 1.08. The lowest BCUT2D eigenvalue weighted by molar-refractivity contribution is -0.283. The summed E-state index contributed by atoms with van der Waals surface area (Å²) in [6.07, 6.45) is 3.07. The van der Waals surface area contributed by atoms with E-state index in [1.807, 2.05) is 6.92 Å². The molecule has 0 aromatic carbocycles. The Morgan fingerprint density at radius 1 is 1.57 bits per heavy atom. The second-order valence-electron chi connectivity index (χ2n) is 4.37. The highest BCUT2D eigenvalue weighted by molar-refractivity contribution is 5.16. The summed E-state index contributed by atoms with van der Waals surface area (Å²) in [4.78, 5) is 6.31. The van der Waals surface area contributed by atoms with Gasteiger partial charge in [-0.1, -0.05) is 13.0 Å². The predicted molar refractivity (Wildman–Crippen MR) is 53.2 cm³/mol. The Bertz CT molecular complexity index is 230. The molecule has 0 aromatic rings. The second kappa shape index (κ2) is 3.88. The molecule has 80 valence electrons. The van der Waals surface area contributed by atoms with Crippen LogP contribution in [0.3, 0.4) is 0 Å². The number of piperidine rings is 1. The average Bonchev–Trinajstić information content (AvgIpc) is 2.60. The lowest BCUT2D eigenvalue weighted by Gasteiger charge is -2.11. The summed E-state index contributed by atoms with van der Waals surface area (Å²) in [5, 5.41) is 8.29. The van der Waals surface area contributed by atoms with Gasteiger partial charge in [0, 0.05) is 18.8 Å². The van der Waals surface area contributed by atoms with Crippen LogP contribution >= 0.6 is 0 Å². The highest BCUT2D eigenvalue weighted by Crippen LogP contribution is 2.52. The van der Waals surface area contributed by atoms with Crippen molar-refractivity contribution in [1.29, 1.82) is 0 Å². The Hall–Kier alpha value is -0.580. The monoisotopic (exact) mass is 198 g/mol. The third-order valence-corrected chi connectivity index (χ3v) is 3.39. The molecule has 1 aliphatic carbocycles. The van der Waals surface area contributed by atoms with E-state index in [0.717, 1.165) is 24.0 Å². The van der Waals surface area contributed by atoms with E-state index in [2.05, 4.69) is 28.5 Å². The Morgan fingerprint density at radius 3 is 2.71 bits per heavy atom. The molecule has 14 heavy (non-hydrogen) atoms. The van der Waals surface area contributed by atoms with E-state index in [4.69, 9.17) is 5.26 Å². The van der Waals surface area contributed by atoms with E-state index < -0.39 is 0 Å². The maximum absolute atomic E-state index is 8.29. The molecular formula is C10H18N2O2. The van der Waals surface area contributed by atoms with Crippen LogP contribution in [-0.4, -0.2) is 30.3 Å². The van der Waals surface area contributed by atoms with Crippen LogP contribution in [0.4, 0.5) is 0 Å². The number of nitrogens with zero attached hydrogens (tertiary/aromatic N) is 1. The van der Waals surface area contributed by atoms with Crippen LogP contribution in [0.2, 0.25) is 0 Å². The summed E-state index contributed by atoms with van der Waals surface area (Å²) in [6, 6.07) is 0. The third kappa shape index (κ3) is 1.78. The zero-order chi connectivity index (χ0) is 10.1. The fourth-order valence-electron chi connectivity index (χ4n) is 2.55. The van der Waals surface area contributed by atoms with Crippen molar-refractivity contribution < 1.29 is 10.2 Å². The van der Waals surface area contributed by atoms with E-state index in [0.29, 0.717) is 5.92 Å². The molecule has 2 aliphatic rings. The SMILES string of the molecule is CC/C(=C\C1[C@H]2CN(C)C[C@@H]12)NOO. The number of hydroxylamine groups is 1. The minimum atomic E-state index is 0.698. The third-order valence-electron chi connectivity index (χ3n) is 3.39. The summed E-state index contributed by atoms with van der Waals surface area (Å²) in [5.41, 5.74) is 3.49. The van der Waals surface area contributed by atoms with Crippen LogP contribution in [0.15, 0.2) is 11.8 Å². The first-order chi connectivity index (χ1) is 6.76. The van der Waals surface area contributed by atoms with E-state index in [9.17, 15) is 0 Å². The first-order valence-corrected chi connectivity index (χ1v) is 5.22. The molecule has 0 bridgehead atoms. The van der Waals surface area contributed by atoms with Crippen LogP contribution in [0.25, 0.3) is 0 Å². The summed E-state index contributed by atoms with van der Waals surface area (Å²) < 4.78 is 0. The van der Waals surface area contributed by atoms with Gasteiger partial charge in [-0.05, 0) is 31.2 Å². The molecule has 0 spiro atoms. The van der Waals surface area contributed by atoms with E-state index in [1.54, 1.807) is 0 Å².